The van der Waals surface area contributed by atoms with E-state index in [0.717, 1.165) is 56.1 Å². The Bertz CT molecular complexity index is 752. The van der Waals surface area contributed by atoms with Gasteiger partial charge >= 0.3 is 0 Å². The van der Waals surface area contributed by atoms with Crippen molar-refractivity contribution in [3.63, 3.8) is 0 Å². The molecule has 1 fully saturated rings. The monoisotopic (exact) mass is 514 g/mol. The first-order valence-electron chi connectivity index (χ1n) is 9.70. The second kappa shape index (κ2) is 10.9. The fourth-order valence-corrected chi connectivity index (χ4v) is 4.02. The highest BCUT2D eigenvalue weighted by Crippen LogP contribution is 2.19. The molecule has 0 saturated carbocycles. The molecular formula is C20H31IN6S. The van der Waals surface area contributed by atoms with E-state index in [2.05, 4.69) is 74.5 Å². The highest BCUT2D eigenvalue weighted by molar-refractivity contribution is 14.0. The van der Waals surface area contributed by atoms with Crippen molar-refractivity contribution in [3.8, 4) is 0 Å². The zero-order valence-corrected chi connectivity index (χ0v) is 20.3. The highest BCUT2D eigenvalue weighted by atomic mass is 127. The molecule has 0 bridgehead atoms. The van der Waals surface area contributed by atoms with Gasteiger partial charge in [-0.25, -0.2) is 4.98 Å². The molecule has 154 valence electrons. The van der Waals surface area contributed by atoms with Crippen molar-refractivity contribution in [2.24, 2.45) is 4.99 Å². The zero-order chi connectivity index (χ0) is 19.2. The summed E-state index contributed by atoms with van der Waals surface area (Å²) >= 11 is 1.51. The molecule has 1 atom stereocenters. The van der Waals surface area contributed by atoms with E-state index >= 15 is 0 Å². The first kappa shape index (κ1) is 22.9. The lowest BCUT2D eigenvalue weighted by molar-refractivity contribution is 0.371. The van der Waals surface area contributed by atoms with E-state index in [1.54, 1.807) is 0 Å². The van der Waals surface area contributed by atoms with E-state index in [1.165, 1.54) is 22.7 Å². The Balaban J connectivity index is 0.00000280. The zero-order valence-electron chi connectivity index (χ0n) is 17.2. The second-order valence-electron chi connectivity index (χ2n) is 7.06. The molecule has 1 unspecified atom stereocenters. The van der Waals surface area contributed by atoms with Gasteiger partial charge in [0.1, 0.15) is 5.82 Å². The summed E-state index contributed by atoms with van der Waals surface area (Å²) in [7, 11) is 1.86. The summed E-state index contributed by atoms with van der Waals surface area (Å²) in [6.07, 6.45) is 0.895. The van der Waals surface area contributed by atoms with Crippen LogP contribution < -0.4 is 10.2 Å². The number of piperazine rings is 1. The van der Waals surface area contributed by atoms with Gasteiger partial charge in [0.2, 0.25) is 5.13 Å². The third kappa shape index (κ3) is 5.79. The lowest BCUT2D eigenvalue weighted by Crippen LogP contribution is -2.53. The summed E-state index contributed by atoms with van der Waals surface area (Å²) < 4.78 is 4.40. The minimum absolute atomic E-state index is 0. The number of benzene rings is 1. The van der Waals surface area contributed by atoms with Crippen molar-refractivity contribution >= 4 is 46.6 Å². The number of aryl methyl sites for hydroxylation is 2. The normalized spacial score (nSPS) is 15.9. The van der Waals surface area contributed by atoms with Gasteiger partial charge < -0.3 is 15.1 Å². The van der Waals surface area contributed by atoms with Crippen LogP contribution in [-0.2, 0) is 6.42 Å². The van der Waals surface area contributed by atoms with Crippen LogP contribution in [0.2, 0.25) is 0 Å². The topological polar surface area (TPSA) is 56.7 Å². The molecule has 3 rings (SSSR count). The molecule has 1 N–H and O–H groups in total. The van der Waals surface area contributed by atoms with Crippen LogP contribution in [0.4, 0.5) is 5.13 Å². The van der Waals surface area contributed by atoms with Crippen molar-refractivity contribution < 1.29 is 0 Å². The van der Waals surface area contributed by atoms with Crippen LogP contribution >= 0.6 is 35.5 Å². The summed E-state index contributed by atoms with van der Waals surface area (Å²) in [5, 5.41) is 4.60. The fraction of sp³-hybridized carbons (Fsp3) is 0.550. The third-order valence-corrected chi connectivity index (χ3v) is 5.86. The second-order valence-corrected chi connectivity index (χ2v) is 7.79. The predicted molar refractivity (Wildman–Crippen MR) is 129 cm³/mol. The summed E-state index contributed by atoms with van der Waals surface area (Å²) in [6.45, 7) is 11.1. The quantitative estimate of drug-likeness (QED) is 0.376. The van der Waals surface area contributed by atoms with Crippen molar-refractivity contribution in [2.45, 2.75) is 33.1 Å². The molecule has 2 aromatic rings. The molecule has 1 aromatic carbocycles. The number of hydrogen-bond donors (Lipinski definition) is 1. The maximum atomic E-state index is 4.61. The van der Waals surface area contributed by atoms with Crippen LogP contribution in [0.15, 0.2) is 29.3 Å². The number of guanidine groups is 1. The first-order valence-corrected chi connectivity index (χ1v) is 10.5. The van der Waals surface area contributed by atoms with Crippen LogP contribution in [0, 0.1) is 6.92 Å². The Labute approximate surface area is 189 Å². The molecule has 0 spiro atoms. The standard InChI is InChI=1S/C20H30N6S.HI/c1-5-18-23-20(27-24-18)26-12-10-25(11-13-26)19(21-4)22-14-16(3)17-8-6-15(2)7-9-17;/h6-9,16H,5,10-14H2,1-4H3,(H,21,22);1H. The van der Waals surface area contributed by atoms with Crippen molar-refractivity contribution in [1.82, 2.24) is 19.6 Å². The summed E-state index contributed by atoms with van der Waals surface area (Å²) in [5.74, 6) is 2.37. The molecule has 8 heteroatoms. The Hall–Kier alpha value is -1.42. The number of nitrogens with one attached hydrogen (secondary N) is 1. The van der Waals surface area contributed by atoms with Gasteiger partial charge in [-0.3, -0.25) is 4.99 Å². The van der Waals surface area contributed by atoms with Crippen LogP contribution in [-0.4, -0.2) is 60.0 Å². The highest BCUT2D eigenvalue weighted by Gasteiger charge is 2.22. The van der Waals surface area contributed by atoms with Gasteiger partial charge in [0.25, 0.3) is 0 Å². The van der Waals surface area contributed by atoms with Crippen LogP contribution in [0.3, 0.4) is 0 Å². The maximum absolute atomic E-state index is 4.61. The SMILES string of the molecule is CCc1nsc(N2CCN(C(=NC)NCC(C)c3ccc(C)cc3)CC2)n1.I. The van der Waals surface area contributed by atoms with Crippen LogP contribution in [0.25, 0.3) is 0 Å². The molecule has 1 aromatic heterocycles. The average molecular weight is 514 g/mol. The minimum Gasteiger partial charge on any atom is -0.356 e. The Morgan fingerprint density at radius 1 is 1.21 bits per heavy atom. The van der Waals surface area contributed by atoms with Gasteiger partial charge in [-0.05, 0) is 18.4 Å². The smallest absolute Gasteiger partial charge is 0.205 e. The largest absolute Gasteiger partial charge is 0.356 e. The van der Waals surface area contributed by atoms with Gasteiger partial charge in [0.15, 0.2) is 5.96 Å². The van der Waals surface area contributed by atoms with Crippen molar-refractivity contribution in [3.05, 3.63) is 41.2 Å². The van der Waals surface area contributed by atoms with Gasteiger partial charge in [-0.2, -0.15) is 4.37 Å². The average Bonchev–Trinajstić information content (AvgIpc) is 3.18. The fourth-order valence-electron chi connectivity index (χ4n) is 3.22. The van der Waals surface area contributed by atoms with E-state index in [1.807, 2.05) is 7.05 Å². The molecule has 1 saturated heterocycles. The summed E-state index contributed by atoms with van der Waals surface area (Å²) in [4.78, 5) is 13.8. The van der Waals surface area contributed by atoms with Crippen LogP contribution in [0.1, 0.15) is 36.7 Å². The first-order chi connectivity index (χ1) is 13.1. The van der Waals surface area contributed by atoms with Crippen LogP contribution in [0.5, 0.6) is 0 Å². The van der Waals surface area contributed by atoms with E-state index < -0.39 is 0 Å². The molecule has 0 amide bonds. The number of aliphatic imine (C=N–C) groups is 1. The number of halogens is 1. The third-order valence-electron chi connectivity index (χ3n) is 5.05. The lowest BCUT2D eigenvalue weighted by atomic mass is 10.0. The number of aromatic nitrogens is 2. The Morgan fingerprint density at radius 3 is 2.46 bits per heavy atom. The van der Waals surface area contributed by atoms with Gasteiger partial charge in [0, 0.05) is 57.7 Å². The molecule has 0 aliphatic carbocycles. The number of anilines is 1. The molecule has 6 nitrogen and oxygen atoms in total. The van der Waals surface area contributed by atoms with E-state index in [9.17, 15) is 0 Å². The summed E-state index contributed by atoms with van der Waals surface area (Å²) in [6, 6.07) is 8.79. The van der Waals surface area contributed by atoms with E-state index in [0.29, 0.717) is 5.92 Å². The van der Waals surface area contributed by atoms with E-state index in [-0.39, 0.29) is 24.0 Å². The predicted octanol–water partition coefficient (Wildman–Crippen LogP) is 3.53. The molecule has 1 aliphatic rings. The minimum atomic E-state index is 0. The molecule has 2 heterocycles. The number of hydrogen-bond acceptors (Lipinski definition) is 5. The molecule has 1 aliphatic heterocycles. The van der Waals surface area contributed by atoms with Crippen molar-refractivity contribution in [2.75, 3.05) is 44.7 Å². The number of nitrogens with zero attached hydrogens (tertiary/aromatic N) is 5. The van der Waals surface area contributed by atoms with Gasteiger partial charge in [0.05, 0.1) is 0 Å². The van der Waals surface area contributed by atoms with Crippen molar-refractivity contribution in [1.29, 1.82) is 0 Å². The van der Waals surface area contributed by atoms with Gasteiger partial charge in [-0.15, -0.1) is 24.0 Å². The Kier molecular flexibility index (Phi) is 8.94. The molecule has 28 heavy (non-hydrogen) atoms. The molecular weight excluding hydrogens is 483 g/mol. The Morgan fingerprint density at radius 2 is 1.89 bits per heavy atom. The van der Waals surface area contributed by atoms with E-state index in [4.69, 9.17) is 0 Å². The number of rotatable bonds is 5. The van der Waals surface area contributed by atoms with Gasteiger partial charge in [-0.1, -0.05) is 43.7 Å². The lowest BCUT2D eigenvalue weighted by Gasteiger charge is -2.36. The molecule has 0 radical (unpaired) electrons. The maximum Gasteiger partial charge on any atom is 0.205 e. The summed E-state index contributed by atoms with van der Waals surface area (Å²) in [5.41, 5.74) is 2.66.